The van der Waals surface area contributed by atoms with Crippen molar-refractivity contribution < 1.29 is 26.4 Å². The van der Waals surface area contributed by atoms with E-state index in [1.807, 2.05) is 24.3 Å². The average molecular weight is 623 g/mol. The van der Waals surface area contributed by atoms with Gasteiger partial charge in [0, 0.05) is 42.8 Å². The van der Waals surface area contributed by atoms with Crippen molar-refractivity contribution in [1.29, 1.82) is 0 Å². The number of carbonyl (C=O) groups excluding carboxylic acids is 1. The van der Waals surface area contributed by atoms with E-state index in [2.05, 4.69) is 20.2 Å². The van der Waals surface area contributed by atoms with E-state index >= 15 is 0 Å². The Morgan fingerprint density at radius 3 is 2.43 bits per heavy atom. The van der Waals surface area contributed by atoms with Gasteiger partial charge < -0.3 is 16.0 Å². The standard InChI is InChI=1S/C28H33F3N6O3S2/c1-42(39,40)37-10-7-27(8-11-37,25(32)38)18-2-4-19(5-3-18)35-20-13-26(14-20)6-9-36(16-26)23-22-12-21(15-28(29,30)31)41-24(22)34-17-33-23/h2-5,12,17,20,35H,6-11,13-16H2,1H3,(H2,32,38). The molecule has 3 N–H and O–H groups in total. The molecule has 1 aromatic carbocycles. The van der Waals surface area contributed by atoms with Gasteiger partial charge in [-0.15, -0.1) is 11.3 Å². The summed E-state index contributed by atoms with van der Waals surface area (Å²) < 4.78 is 64.0. The molecular formula is C28H33F3N6O3S2. The largest absolute Gasteiger partial charge is 0.393 e. The van der Waals surface area contributed by atoms with Crippen LogP contribution in [-0.4, -0.2) is 73.3 Å². The Morgan fingerprint density at radius 1 is 1.12 bits per heavy atom. The minimum absolute atomic E-state index is 0.128. The number of aromatic nitrogens is 2. The van der Waals surface area contributed by atoms with Gasteiger partial charge in [-0.25, -0.2) is 22.7 Å². The van der Waals surface area contributed by atoms with E-state index in [0.717, 1.165) is 54.9 Å². The predicted molar refractivity (Wildman–Crippen MR) is 156 cm³/mol. The second-order valence-corrected chi connectivity index (χ2v) is 15.1. The van der Waals surface area contributed by atoms with Crippen LogP contribution in [0.4, 0.5) is 24.7 Å². The molecule has 42 heavy (non-hydrogen) atoms. The lowest BCUT2D eigenvalue weighted by atomic mass is 9.65. The molecule has 1 aliphatic carbocycles. The summed E-state index contributed by atoms with van der Waals surface area (Å²) >= 11 is 1.07. The number of nitrogens with one attached hydrogen (secondary N) is 1. The molecule has 2 aromatic heterocycles. The molecule has 226 valence electrons. The molecule has 1 saturated carbocycles. The van der Waals surface area contributed by atoms with E-state index in [9.17, 15) is 26.4 Å². The number of nitrogens with two attached hydrogens (primary N) is 1. The van der Waals surface area contributed by atoms with Gasteiger partial charge in [0.15, 0.2) is 0 Å². The predicted octanol–water partition coefficient (Wildman–Crippen LogP) is 4.05. The number of sulfonamides is 1. The number of nitrogens with zero attached hydrogens (tertiary/aromatic N) is 4. The molecule has 4 heterocycles. The number of benzene rings is 1. The first kappa shape index (κ1) is 29.1. The van der Waals surface area contributed by atoms with E-state index in [0.29, 0.717) is 28.9 Å². The molecule has 0 radical (unpaired) electrons. The SMILES string of the molecule is CS(=O)(=O)N1CCC(C(N)=O)(c2ccc(NC3CC4(CCN(c5ncnc6sc(CC(F)(F)F)cc56)C4)C3)cc2)CC1. The summed E-state index contributed by atoms with van der Waals surface area (Å²) in [6.45, 7) is 2.10. The summed E-state index contributed by atoms with van der Waals surface area (Å²) in [4.78, 5) is 24.2. The van der Waals surface area contributed by atoms with Gasteiger partial charge in [-0.3, -0.25) is 4.79 Å². The monoisotopic (exact) mass is 622 g/mol. The van der Waals surface area contributed by atoms with Crippen molar-refractivity contribution in [2.24, 2.45) is 11.1 Å². The Labute approximate surface area is 246 Å². The highest BCUT2D eigenvalue weighted by atomic mass is 32.2. The number of primary amides is 1. The first-order valence-corrected chi connectivity index (χ1v) is 16.6. The van der Waals surface area contributed by atoms with Crippen LogP contribution in [0.25, 0.3) is 10.2 Å². The maximum absolute atomic E-state index is 12.9. The van der Waals surface area contributed by atoms with Crippen molar-refractivity contribution in [2.45, 2.75) is 56.2 Å². The molecule has 6 rings (SSSR count). The Balaban J connectivity index is 1.07. The number of alkyl halides is 3. The van der Waals surface area contributed by atoms with Gasteiger partial charge >= 0.3 is 6.18 Å². The molecule has 3 aliphatic rings. The van der Waals surface area contributed by atoms with E-state index < -0.39 is 33.9 Å². The normalized spacial score (nSPS) is 24.7. The molecular weight excluding hydrogens is 589 g/mol. The number of thiophene rings is 1. The number of hydrogen-bond donors (Lipinski definition) is 2. The van der Waals surface area contributed by atoms with Crippen LogP contribution in [0.3, 0.4) is 0 Å². The molecule has 2 saturated heterocycles. The van der Waals surface area contributed by atoms with Gasteiger partial charge in [-0.1, -0.05) is 12.1 Å². The lowest BCUT2D eigenvalue weighted by Gasteiger charge is -2.46. The lowest BCUT2D eigenvalue weighted by Crippen LogP contribution is -2.51. The first-order chi connectivity index (χ1) is 19.8. The molecule has 3 aromatic rings. The number of fused-ring (bicyclic) bond motifs is 1. The maximum atomic E-state index is 12.9. The third kappa shape index (κ3) is 5.55. The Hall–Kier alpha value is -2.97. The van der Waals surface area contributed by atoms with Gasteiger partial charge in [-0.05, 0) is 61.3 Å². The number of hydrogen-bond acceptors (Lipinski definition) is 8. The second-order valence-electron chi connectivity index (χ2n) is 12.0. The first-order valence-electron chi connectivity index (χ1n) is 13.9. The van der Waals surface area contributed by atoms with Crippen molar-refractivity contribution >= 4 is 49.0 Å². The summed E-state index contributed by atoms with van der Waals surface area (Å²) in [5, 5.41) is 4.27. The van der Waals surface area contributed by atoms with Crippen molar-refractivity contribution in [3.63, 3.8) is 0 Å². The third-order valence-corrected chi connectivity index (χ3v) is 11.5. The number of amides is 1. The fourth-order valence-corrected chi connectivity index (χ4v) is 8.83. The quantitative estimate of drug-likeness (QED) is 0.408. The van der Waals surface area contributed by atoms with Crippen molar-refractivity contribution in [3.8, 4) is 0 Å². The zero-order chi connectivity index (χ0) is 29.9. The summed E-state index contributed by atoms with van der Waals surface area (Å²) in [6.07, 6.45) is 0.995. The minimum atomic E-state index is -4.26. The number of piperidine rings is 1. The molecule has 0 unspecified atom stereocenters. The molecule has 3 fully saturated rings. The molecule has 9 nitrogen and oxygen atoms in total. The molecule has 2 aliphatic heterocycles. The van der Waals surface area contributed by atoms with Crippen LogP contribution in [0, 0.1) is 5.41 Å². The van der Waals surface area contributed by atoms with Crippen LogP contribution in [-0.2, 0) is 26.7 Å². The van der Waals surface area contributed by atoms with Gasteiger partial charge in [0.1, 0.15) is 17.0 Å². The Kier molecular flexibility index (Phi) is 7.17. The van der Waals surface area contributed by atoms with Crippen LogP contribution in [0.15, 0.2) is 36.7 Å². The highest BCUT2D eigenvalue weighted by Crippen LogP contribution is 2.50. The highest BCUT2D eigenvalue weighted by Gasteiger charge is 2.49. The van der Waals surface area contributed by atoms with Crippen LogP contribution in [0.5, 0.6) is 0 Å². The van der Waals surface area contributed by atoms with Crippen molar-refractivity contribution in [2.75, 3.05) is 42.7 Å². The summed E-state index contributed by atoms with van der Waals surface area (Å²) in [5.74, 6) is 0.266. The zero-order valence-corrected chi connectivity index (χ0v) is 24.8. The fraction of sp³-hybridized carbons (Fsp3) is 0.536. The topological polar surface area (TPSA) is 122 Å². The average Bonchev–Trinajstić information content (AvgIpc) is 3.51. The minimum Gasteiger partial charge on any atom is -0.382 e. The van der Waals surface area contributed by atoms with Crippen LogP contribution >= 0.6 is 11.3 Å². The van der Waals surface area contributed by atoms with E-state index in [4.69, 9.17) is 5.73 Å². The number of anilines is 2. The second kappa shape index (κ2) is 10.3. The van der Waals surface area contributed by atoms with E-state index in [1.165, 1.54) is 16.9 Å². The summed E-state index contributed by atoms with van der Waals surface area (Å²) in [6, 6.07) is 9.57. The van der Waals surface area contributed by atoms with Crippen LogP contribution < -0.4 is 16.0 Å². The molecule has 14 heteroatoms. The third-order valence-electron chi connectivity index (χ3n) is 9.16. The molecule has 1 amide bonds. The van der Waals surface area contributed by atoms with Gasteiger partial charge in [-0.2, -0.15) is 13.2 Å². The Morgan fingerprint density at radius 2 is 1.81 bits per heavy atom. The number of halogens is 3. The van der Waals surface area contributed by atoms with Crippen LogP contribution in [0.1, 0.15) is 42.5 Å². The van der Waals surface area contributed by atoms with Gasteiger partial charge in [0.25, 0.3) is 0 Å². The number of carbonyl (C=O) groups is 1. The summed E-state index contributed by atoms with van der Waals surface area (Å²) in [7, 11) is -3.32. The molecule has 1 spiro atoms. The number of rotatable bonds is 7. The summed E-state index contributed by atoms with van der Waals surface area (Å²) in [5.41, 5.74) is 6.81. The highest BCUT2D eigenvalue weighted by molar-refractivity contribution is 7.88. The van der Waals surface area contributed by atoms with Crippen molar-refractivity contribution in [1.82, 2.24) is 14.3 Å². The zero-order valence-electron chi connectivity index (χ0n) is 23.2. The van der Waals surface area contributed by atoms with Gasteiger partial charge in [0.05, 0.1) is 23.5 Å². The maximum Gasteiger partial charge on any atom is 0.393 e. The van der Waals surface area contributed by atoms with Crippen LogP contribution in [0.2, 0.25) is 0 Å². The van der Waals surface area contributed by atoms with Crippen molar-refractivity contribution in [3.05, 3.63) is 47.1 Å². The Bertz CT molecular complexity index is 1600. The smallest absolute Gasteiger partial charge is 0.382 e. The molecule has 0 atom stereocenters. The van der Waals surface area contributed by atoms with E-state index in [-0.39, 0.29) is 29.4 Å². The van der Waals surface area contributed by atoms with Gasteiger partial charge in [0.2, 0.25) is 15.9 Å². The van der Waals surface area contributed by atoms with E-state index in [1.54, 1.807) is 6.07 Å². The fourth-order valence-electron chi connectivity index (χ4n) is 6.96. The lowest BCUT2D eigenvalue weighted by molar-refractivity contribution is -0.127. The molecule has 0 bridgehead atoms.